The molecule has 11 heteroatoms. The molecular weight excluding hydrogens is 638 g/mol. The van der Waals surface area contributed by atoms with E-state index < -0.39 is 11.9 Å². The van der Waals surface area contributed by atoms with E-state index in [1.54, 1.807) is 73.2 Å². The number of nitrogens with one attached hydrogen (secondary N) is 1. The third kappa shape index (κ3) is 7.57. The van der Waals surface area contributed by atoms with Crippen molar-refractivity contribution in [3.05, 3.63) is 92.0 Å². The largest absolute Gasteiger partial charge is 0.497 e. The van der Waals surface area contributed by atoms with Gasteiger partial charge in [0.25, 0.3) is 5.91 Å². The molecule has 0 fully saturated rings. The number of hydrogen-bond donors (Lipinski definition) is 2. The number of anilines is 1. The van der Waals surface area contributed by atoms with Gasteiger partial charge in [-0.05, 0) is 88.6 Å². The number of ether oxygens (including phenoxy) is 3. The summed E-state index contributed by atoms with van der Waals surface area (Å²) >= 11 is 9.40. The molecule has 0 aliphatic carbocycles. The van der Waals surface area contributed by atoms with Crippen LogP contribution in [0.25, 0.3) is 10.9 Å². The molecule has 9 nitrogen and oxygen atoms in total. The Hall–Kier alpha value is -3.86. The fourth-order valence-electron chi connectivity index (χ4n) is 4.62. The van der Waals surface area contributed by atoms with E-state index in [0.717, 1.165) is 5.56 Å². The van der Waals surface area contributed by atoms with E-state index in [4.69, 9.17) is 31.5 Å². The third-order valence-corrected chi connectivity index (χ3v) is 7.80. The van der Waals surface area contributed by atoms with Crippen LogP contribution in [0.5, 0.6) is 5.75 Å². The fourth-order valence-corrected chi connectivity index (χ4v) is 5.24. The van der Waals surface area contributed by atoms with Gasteiger partial charge in [-0.15, -0.1) is 0 Å². The third-order valence-electron chi connectivity index (χ3n) is 6.89. The molecule has 43 heavy (non-hydrogen) atoms. The monoisotopic (exact) mass is 669 g/mol. The fraction of sp³-hybridized carbons (Fsp3) is 0.281. The van der Waals surface area contributed by atoms with Crippen molar-refractivity contribution in [2.75, 3.05) is 26.1 Å². The van der Waals surface area contributed by atoms with Crippen LogP contribution < -0.4 is 15.8 Å². The number of nitrogens with two attached hydrogens (primary N) is 1. The first-order chi connectivity index (χ1) is 20.5. The summed E-state index contributed by atoms with van der Waals surface area (Å²) in [6, 6.07) is 15.5. The number of rotatable bonds is 11. The molecule has 1 aromatic heterocycles. The second-order valence-corrected chi connectivity index (χ2v) is 11.5. The number of benzene rings is 3. The molecule has 0 amide bonds. The van der Waals surface area contributed by atoms with Gasteiger partial charge >= 0.3 is 11.9 Å². The standard InChI is InChI=1S/C32H33BrClN3O6/c1-18(2)36-17-22-13-21(14-27(33)30(22)35)32(40)43-12-11-42-29(38)16-25-19(3)37(28-10-9-24(41-4)15-26(25)28)31(39)20-5-7-23(34)8-6-20/h5-10,13-15,18,36H,11-12,16-17,35H2,1-4H3. The minimum atomic E-state index is -0.561. The second-order valence-electron chi connectivity index (χ2n) is 10.2. The van der Waals surface area contributed by atoms with E-state index >= 15 is 0 Å². The predicted molar refractivity (Wildman–Crippen MR) is 170 cm³/mol. The zero-order valence-corrected chi connectivity index (χ0v) is 26.7. The molecule has 0 radical (unpaired) electrons. The lowest BCUT2D eigenvalue weighted by Gasteiger charge is -2.13. The number of nitrogens with zero attached hydrogens (tertiary/aromatic N) is 1. The molecule has 0 bridgehead atoms. The number of esters is 2. The van der Waals surface area contributed by atoms with Crippen molar-refractivity contribution < 1.29 is 28.6 Å². The van der Waals surface area contributed by atoms with Crippen molar-refractivity contribution in [3.8, 4) is 5.75 Å². The Morgan fingerprint density at radius 1 is 1.00 bits per heavy atom. The number of fused-ring (bicyclic) bond motifs is 1. The lowest BCUT2D eigenvalue weighted by atomic mass is 10.1. The summed E-state index contributed by atoms with van der Waals surface area (Å²) in [4.78, 5) is 39.1. The molecule has 0 aliphatic rings. The zero-order valence-electron chi connectivity index (χ0n) is 24.3. The van der Waals surface area contributed by atoms with Gasteiger partial charge in [0.1, 0.15) is 19.0 Å². The van der Waals surface area contributed by atoms with Gasteiger partial charge in [-0.1, -0.05) is 25.4 Å². The number of carbonyl (C=O) groups is 3. The van der Waals surface area contributed by atoms with Crippen LogP contribution in [0.15, 0.2) is 59.1 Å². The first-order valence-electron chi connectivity index (χ1n) is 13.6. The second kappa shape index (κ2) is 14.1. The highest BCUT2D eigenvalue weighted by Gasteiger charge is 2.23. The Labute approximate surface area is 263 Å². The van der Waals surface area contributed by atoms with Crippen LogP contribution in [-0.2, 0) is 27.2 Å². The molecule has 1 heterocycles. The van der Waals surface area contributed by atoms with E-state index in [-0.39, 0.29) is 31.6 Å². The van der Waals surface area contributed by atoms with Gasteiger partial charge in [0, 0.05) is 38.7 Å². The molecular formula is C32H33BrClN3O6. The summed E-state index contributed by atoms with van der Waals surface area (Å²) in [5, 5.41) is 4.49. The minimum Gasteiger partial charge on any atom is -0.497 e. The van der Waals surface area contributed by atoms with Gasteiger partial charge in [0.2, 0.25) is 0 Å². The average molecular weight is 671 g/mol. The van der Waals surface area contributed by atoms with Crippen molar-refractivity contribution in [2.45, 2.75) is 39.8 Å². The summed E-state index contributed by atoms with van der Waals surface area (Å²) < 4.78 is 18.3. The molecule has 3 N–H and O–H groups in total. The number of halogens is 2. The van der Waals surface area contributed by atoms with Crippen molar-refractivity contribution >= 4 is 62.0 Å². The normalized spacial score (nSPS) is 11.1. The van der Waals surface area contributed by atoms with E-state index in [9.17, 15) is 14.4 Å². The van der Waals surface area contributed by atoms with E-state index in [0.29, 0.717) is 60.8 Å². The highest BCUT2D eigenvalue weighted by atomic mass is 79.9. The topological polar surface area (TPSA) is 122 Å². The first kappa shape index (κ1) is 32.1. The van der Waals surface area contributed by atoms with Crippen molar-refractivity contribution in [1.82, 2.24) is 9.88 Å². The lowest BCUT2D eigenvalue weighted by molar-refractivity contribution is -0.143. The van der Waals surface area contributed by atoms with Gasteiger partial charge in [-0.25, -0.2) is 4.79 Å². The number of methoxy groups -OCH3 is 1. The molecule has 0 atom stereocenters. The molecule has 4 aromatic rings. The Bertz CT molecular complexity index is 1670. The van der Waals surface area contributed by atoms with Gasteiger partial charge in [0.15, 0.2) is 0 Å². The molecule has 0 spiro atoms. The van der Waals surface area contributed by atoms with Crippen LogP contribution in [0.4, 0.5) is 5.69 Å². The Kier molecular flexibility index (Phi) is 10.5. The molecule has 4 rings (SSSR count). The highest BCUT2D eigenvalue weighted by molar-refractivity contribution is 9.10. The number of carbonyl (C=O) groups excluding carboxylic acids is 3. The average Bonchev–Trinajstić information content (AvgIpc) is 3.25. The first-order valence-corrected chi connectivity index (χ1v) is 14.8. The summed E-state index contributed by atoms with van der Waals surface area (Å²) in [5.41, 5.74) is 10.1. The Morgan fingerprint density at radius 3 is 2.37 bits per heavy atom. The SMILES string of the molecule is COc1ccc2c(c1)c(CC(=O)OCCOC(=O)c1cc(Br)c(N)c(CNC(C)C)c1)c(C)n2C(=O)c1ccc(Cl)cc1. The number of aromatic nitrogens is 1. The number of hydrogen-bond acceptors (Lipinski definition) is 8. The highest BCUT2D eigenvalue weighted by Crippen LogP contribution is 2.31. The van der Waals surface area contributed by atoms with Gasteiger partial charge in [-0.2, -0.15) is 0 Å². The lowest BCUT2D eigenvalue weighted by Crippen LogP contribution is -2.23. The van der Waals surface area contributed by atoms with Gasteiger partial charge < -0.3 is 25.3 Å². The summed E-state index contributed by atoms with van der Waals surface area (Å²) in [5.74, 6) is -0.762. The molecule has 0 aliphatic heterocycles. The maximum atomic E-state index is 13.5. The van der Waals surface area contributed by atoms with Crippen molar-refractivity contribution in [2.24, 2.45) is 0 Å². The quantitative estimate of drug-likeness (QED) is 0.112. The van der Waals surface area contributed by atoms with E-state index in [1.807, 2.05) is 13.8 Å². The minimum absolute atomic E-state index is 0.0958. The van der Waals surface area contributed by atoms with Crippen LogP contribution in [0.2, 0.25) is 5.02 Å². The molecule has 0 saturated heterocycles. The van der Waals surface area contributed by atoms with Crippen molar-refractivity contribution in [3.63, 3.8) is 0 Å². The Balaban J connectivity index is 1.44. The van der Waals surface area contributed by atoms with Crippen LogP contribution in [0, 0.1) is 6.92 Å². The zero-order chi connectivity index (χ0) is 31.3. The van der Waals surface area contributed by atoms with Gasteiger partial charge in [0.05, 0.1) is 30.3 Å². The Morgan fingerprint density at radius 2 is 1.70 bits per heavy atom. The predicted octanol–water partition coefficient (Wildman–Crippen LogP) is 6.09. The van der Waals surface area contributed by atoms with Crippen LogP contribution in [0.3, 0.4) is 0 Å². The summed E-state index contributed by atoms with van der Waals surface area (Å²) in [6.45, 7) is 6.04. The van der Waals surface area contributed by atoms with Gasteiger partial charge in [-0.3, -0.25) is 14.2 Å². The van der Waals surface area contributed by atoms with E-state index in [2.05, 4.69) is 21.2 Å². The summed E-state index contributed by atoms with van der Waals surface area (Å²) in [6.07, 6.45) is -0.0958. The maximum Gasteiger partial charge on any atom is 0.338 e. The number of nitrogen functional groups attached to an aromatic ring is 1. The molecule has 0 saturated carbocycles. The van der Waals surface area contributed by atoms with Crippen LogP contribution in [-0.4, -0.2) is 48.8 Å². The van der Waals surface area contributed by atoms with Crippen LogP contribution in [0.1, 0.15) is 51.4 Å². The molecule has 0 unspecified atom stereocenters. The smallest absolute Gasteiger partial charge is 0.338 e. The molecule has 3 aromatic carbocycles. The van der Waals surface area contributed by atoms with Crippen molar-refractivity contribution in [1.29, 1.82) is 0 Å². The van der Waals surface area contributed by atoms with Crippen LogP contribution >= 0.6 is 27.5 Å². The molecule has 226 valence electrons. The van der Waals surface area contributed by atoms with E-state index in [1.165, 1.54) is 0 Å². The maximum absolute atomic E-state index is 13.5. The summed E-state index contributed by atoms with van der Waals surface area (Å²) in [7, 11) is 1.55.